The summed E-state index contributed by atoms with van der Waals surface area (Å²) >= 11 is 0. The second kappa shape index (κ2) is 7.03. The first kappa shape index (κ1) is 17.9. The van der Waals surface area contributed by atoms with Gasteiger partial charge in [0, 0.05) is 29.1 Å². The standard InChI is InChI=1S/C21H17FN8/c1-13(14-2-4-18(22)5-3-14)30-12-17(11-25-30)16-8-19(27-24-10-16)15-6-7-29-20(9-15)26-21(23)28-29/h2-13H,1H3,(H2,23,28). The van der Waals surface area contributed by atoms with Gasteiger partial charge in [-0.15, -0.1) is 5.10 Å². The van der Waals surface area contributed by atoms with Crippen LogP contribution in [-0.4, -0.2) is 34.6 Å². The summed E-state index contributed by atoms with van der Waals surface area (Å²) in [5, 5.41) is 16.9. The van der Waals surface area contributed by atoms with Gasteiger partial charge in [-0.3, -0.25) is 4.68 Å². The molecule has 0 amide bonds. The molecule has 0 fully saturated rings. The van der Waals surface area contributed by atoms with Crippen LogP contribution in [-0.2, 0) is 0 Å². The minimum Gasteiger partial charge on any atom is -0.366 e. The number of nitrogens with zero attached hydrogens (tertiary/aromatic N) is 7. The molecule has 5 rings (SSSR count). The van der Waals surface area contributed by atoms with Crippen molar-refractivity contribution in [3.8, 4) is 22.4 Å². The van der Waals surface area contributed by atoms with Gasteiger partial charge < -0.3 is 5.73 Å². The molecule has 0 saturated heterocycles. The van der Waals surface area contributed by atoms with Crippen LogP contribution in [0.4, 0.5) is 10.3 Å². The van der Waals surface area contributed by atoms with E-state index in [4.69, 9.17) is 5.73 Å². The van der Waals surface area contributed by atoms with Gasteiger partial charge in [0.15, 0.2) is 5.65 Å². The Hall–Kier alpha value is -4.14. The fourth-order valence-electron chi connectivity index (χ4n) is 3.32. The molecule has 4 aromatic heterocycles. The molecule has 0 bridgehead atoms. The second-order valence-electron chi connectivity index (χ2n) is 6.95. The van der Waals surface area contributed by atoms with Crippen molar-refractivity contribution < 1.29 is 4.39 Å². The summed E-state index contributed by atoms with van der Waals surface area (Å²) in [5.74, 6) is -0.0378. The van der Waals surface area contributed by atoms with Gasteiger partial charge >= 0.3 is 0 Å². The largest absolute Gasteiger partial charge is 0.366 e. The van der Waals surface area contributed by atoms with Crippen molar-refractivity contribution in [3.05, 3.63) is 78.6 Å². The first-order valence-corrected chi connectivity index (χ1v) is 9.32. The Bertz CT molecular complexity index is 1340. The topological polar surface area (TPSA) is 99.8 Å². The van der Waals surface area contributed by atoms with Crippen LogP contribution in [0.3, 0.4) is 0 Å². The number of rotatable bonds is 4. The van der Waals surface area contributed by atoms with E-state index in [-0.39, 0.29) is 17.8 Å². The number of pyridine rings is 1. The molecule has 5 aromatic rings. The van der Waals surface area contributed by atoms with E-state index in [0.717, 1.165) is 22.3 Å². The Labute approximate surface area is 170 Å². The van der Waals surface area contributed by atoms with Gasteiger partial charge in [-0.05, 0) is 42.8 Å². The molecule has 0 saturated carbocycles. The third-order valence-electron chi connectivity index (χ3n) is 4.99. The van der Waals surface area contributed by atoms with Crippen molar-refractivity contribution in [2.45, 2.75) is 13.0 Å². The highest BCUT2D eigenvalue weighted by molar-refractivity contribution is 5.70. The van der Waals surface area contributed by atoms with E-state index in [0.29, 0.717) is 11.3 Å². The fourth-order valence-corrected chi connectivity index (χ4v) is 3.32. The molecular weight excluding hydrogens is 383 g/mol. The molecule has 0 spiro atoms. The summed E-state index contributed by atoms with van der Waals surface area (Å²) in [6.45, 7) is 2.01. The summed E-state index contributed by atoms with van der Waals surface area (Å²) in [6.07, 6.45) is 7.20. The summed E-state index contributed by atoms with van der Waals surface area (Å²) in [7, 11) is 0. The molecule has 1 unspecified atom stereocenters. The van der Waals surface area contributed by atoms with E-state index in [1.165, 1.54) is 12.1 Å². The molecule has 2 N–H and O–H groups in total. The Kier molecular flexibility index (Phi) is 4.20. The van der Waals surface area contributed by atoms with Gasteiger partial charge in [-0.2, -0.15) is 20.3 Å². The lowest BCUT2D eigenvalue weighted by molar-refractivity contribution is 0.561. The highest BCUT2D eigenvalue weighted by Gasteiger charge is 2.12. The number of halogens is 1. The van der Waals surface area contributed by atoms with Crippen LogP contribution in [0.15, 0.2) is 67.3 Å². The van der Waals surface area contributed by atoms with E-state index in [1.54, 1.807) is 35.2 Å². The van der Waals surface area contributed by atoms with Crippen molar-refractivity contribution in [2.24, 2.45) is 0 Å². The average molecular weight is 400 g/mol. The lowest BCUT2D eigenvalue weighted by Crippen LogP contribution is -2.06. The number of hydrogen-bond acceptors (Lipinski definition) is 6. The van der Waals surface area contributed by atoms with Crippen molar-refractivity contribution in [1.29, 1.82) is 0 Å². The quantitative estimate of drug-likeness (QED) is 0.496. The Morgan fingerprint density at radius 1 is 1.00 bits per heavy atom. The highest BCUT2D eigenvalue weighted by atomic mass is 19.1. The predicted molar refractivity (Wildman–Crippen MR) is 110 cm³/mol. The molecule has 30 heavy (non-hydrogen) atoms. The van der Waals surface area contributed by atoms with E-state index < -0.39 is 0 Å². The van der Waals surface area contributed by atoms with Gasteiger partial charge in [0.2, 0.25) is 5.95 Å². The maximum Gasteiger partial charge on any atom is 0.240 e. The molecular formula is C21H17FN8. The minimum absolute atomic E-state index is 0.0329. The smallest absolute Gasteiger partial charge is 0.240 e. The third kappa shape index (κ3) is 3.26. The normalized spacial score (nSPS) is 12.3. The highest BCUT2D eigenvalue weighted by Crippen LogP contribution is 2.26. The fraction of sp³-hybridized carbons (Fsp3) is 0.0952. The molecule has 0 aliphatic carbocycles. The molecule has 1 aromatic carbocycles. The van der Waals surface area contributed by atoms with Crippen LogP contribution in [0.5, 0.6) is 0 Å². The maximum atomic E-state index is 13.2. The Morgan fingerprint density at radius 2 is 1.83 bits per heavy atom. The molecule has 4 heterocycles. The summed E-state index contributed by atoms with van der Waals surface area (Å²) in [5.41, 5.74) is 10.6. The molecule has 148 valence electrons. The van der Waals surface area contributed by atoms with Gasteiger partial charge in [-0.25, -0.2) is 8.91 Å². The third-order valence-corrected chi connectivity index (χ3v) is 4.99. The number of aromatic nitrogens is 7. The molecule has 8 nitrogen and oxygen atoms in total. The van der Waals surface area contributed by atoms with E-state index >= 15 is 0 Å². The molecule has 0 aliphatic rings. The first-order valence-electron chi connectivity index (χ1n) is 9.32. The number of nitrogen functional groups attached to an aromatic ring is 1. The Morgan fingerprint density at radius 3 is 2.67 bits per heavy atom. The first-order chi connectivity index (χ1) is 14.6. The molecule has 0 radical (unpaired) electrons. The zero-order chi connectivity index (χ0) is 20.7. The maximum absolute atomic E-state index is 13.2. The molecule has 0 aliphatic heterocycles. The zero-order valence-electron chi connectivity index (χ0n) is 16.0. The molecule has 1 atom stereocenters. The van der Waals surface area contributed by atoms with Crippen LogP contribution >= 0.6 is 0 Å². The summed E-state index contributed by atoms with van der Waals surface area (Å²) in [4.78, 5) is 4.18. The van der Waals surface area contributed by atoms with Crippen LogP contribution in [0.2, 0.25) is 0 Å². The minimum atomic E-state index is -0.255. The number of hydrogen-bond donors (Lipinski definition) is 1. The van der Waals surface area contributed by atoms with E-state index in [1.807, 2.05) is 36.0 Å². The summed E-state index contributed by atoms with van der Waals surface area (Å²) in [6, 6.07) is 12.1. The van der Waals surface area contributed by atoms with Crippen LogP contribution in [0.25, 0.3) is 28.0 Å². The van der Waals surface area contributed by atoms with Crippen molar-refractivity contribution in [3.63, 3.8) is 0 Å². The van der Waals surface area contributed by atoms with Crippen LogP contribution in [0, 0.1) is 5.82 Å². The predicted octanol–water partition coefficient (Wildman–Crippen LogP) is 3.38. The number of anilines is 1. The number of nitrogens with two attached hydrogens (primary N) is 1. The van der Waals surface area contributed by atoms with E-state index in [2.05, 4.69) is 25.4 Å². The van der Waals surface area contributed by atoms with Crippen molar-refractivity contribution in [2.75, 3.05) is 5.73 Å². The van der Waals surface area contributed by atoms with Crippen molar-refractivity contribution in [1.82, 2.24) is 34.6 Å². The molecule has 9 heteroatoms. The zero-order valence-corrected chi connectivity index (χ0v) is 16.0. The van der Waals surface area contributed by atoms with Gasteiger partial charge in [0.25, 0.3) is 0 Å². The lowest BCUT2D eigenvalue weighted by Gasteiger charge is -2.12. The monoisotopic (exact) mass is 400 g/mol. The van der Waals surface area contributed by atoms with Crippen molar-refractivity contribution >= 4 is 11.6 Å². The van der Waals surface area contributed by atoms with Gasteiger partial charge in [-0.1, -0.05) is 12.1 Å². The van der Waals surface area contributed by atoms with E-state index in [9.17, 15) is 4.39 Å². The summed E-state index contributed by atoms with van der Waals surface area (Å²) < 4.78 is 16.6. The number of benzene rings is 1. The average Bonchev–Trinajstić information content (AvgIpc) is 3.39. The Balaban J connectivity index is 1.46. The second-order valence-corrected chi connectivity index (χ2v) is 6.95. The number of fused-ring (bicyclic) bond motifs is 1. The SMILES string of the molecule is CC(c1ccc(F)cc1)n1cc(-c2cnnc(-c3ccn4nc(N)nc4c3)c2)cn1. The lowest BCUT2D eigenvalue weighted by atomic mass is 10.1. The van der Waals surface area contributed by atoms with Gasteiger partial charge in [0.05, 0.1) is 24.1 Å². The van der Waals surface area contributed by atoms with Crippen LogP contribution in [0.1, 0.15) is 18.5 Å². The van der Waals surface area contributed by atoms with Crippen LogP contribution < -0.4 is 5.73 Å². The van der Waals surface area contributed by atoms with Gasteiger partial charge in [0.1, 0.15) is 5.82 Å².